The van der Waals surface area contributed by atoms with Crippen molar-refractivity contribution in [3.63, 3.8) is 0 Å². The van der Waals surface area contributed by atoms with Gasteiger partial charge in [0.25, 0.3) is 0 Å². The summed E-state index contributed by atoms with van der Waals surface area (Å²) >= 11 is 0. The van der Waals surface area contributed by atoms with Crippen LogP contribution >= 0.6 is 0 Å². The van der Waals surface area contributed by atoms with Crippen LogP contribution < -0.4 is 10.2 Å². The number of hydrogen-bond donors (Lipinski definition) is 1. The van der Waals surface area contributed by atoms with Crippen molar-refractivity contribution in [2.45, 2.75) is 116 Å². The molecule has 2 aliphatic rings. The van der Waals surface area contributed by atoms with E-state index in [0.29, 0.717) is 48.4 Å². The van der Waals surface area contributed by atoms with Crippen LogP contribution in [0.5, 0.6) is 0 Å². The zero-order chi connectivity index (χ0) is 35.1. The molecule has 2 aromatic heterocycles. The van der Waals surface area contributed by atoms with Gasteiger partial charge in [0.15, 0.2) is 14.1 Å². The van der Waals surface area contributed by atoms with Crippen molar-refractivity contribution in [1.82, 2.24) is 19.7 Å². The third-order valence-corrected chi connectivity index (χ3v) is 14.1. The summed E-state index contributed by atoms with van der Waals surface area (Å²) in [5.74, 6) is 1.04. The van der Waals surface area contributed by atoms with Crippen LogP contribution in [0.1, 0.15) is 84.5 Å². The van der Waals surface area contributed by atoms with Crippen LogP contribution in [0.15, 0.2) is 30.5 Å². The number of hydrogen-bond acceptors (Lipinski definition) is 9. The fourth-order valence-corrected chi connectivity index (χ4v) is 6.99. The molecule has 1 saturated heterocycles. The summed E-state index contributed by atoms with van der Waals surface area (Å²) in [6, 6.07) is 9.96. The Morgan fingerprint density at radius 3 is 2.58 bits per heavy atom. The number of carbonyl (C=O) groups is 1. The molecule has 1 N–H and O–H groups in total. The van der Waals surface area contributed by atoms with E-state index in [-0.39, 0.29) is 11.1 Å². The first-order chi connectivity index (χ1) is 22.4. The van der Waals surface area contributed by atoms with Crippen LogP contribution in [0.25, 0.3) is 11.3 Å². The Morgan fingerprint density at radius 2 is 1.94 bits per heavy atom. The summed E-state index contributed by atoms with van der Waals surface area (Å²) in [4.78, 5) is 24.5. The minimum absolute atomic E-state index is 0.0116. The number of carbonyl (C=O) groups excluding carboxylic acids is 1. The van der Waals surface area contributed by atoms with Crippen LogP contribution in [0.2, 0.25) is 18.1 Å². The highest BCUT2D eigenvalue weighted by atomic mass is 28.4. The van der Waals surface area contributed by atoms with Crippen LogP contribution in [0, 0.1) is 18.3 Å². The number of nitrogens with one attached hydrogen (secondary N) is 1. The molecule has 1 aromatic carbocycles. The molecule has 48 heavy (non-hydrogen) atoms. The molecular formula is C36H51N7O4Si. The Hall–Kier alpha value is -3.79. The van der Waals surface area contributed by atoms with Crippen molar-refractivity contribution < 1.29 is 18.7 Å². The lowest BCUT2D eigenvalue weighted by Crippen LogP contribution is -2.46. The van der Waals surface area contributed by atoms with Crippen LogP contribution in [0.3, 0.4) is 0 Å². The van der Waals surface area contributed by atoms with Crippen LogP contribution in [-0.4, -0.2) is 65.6 Å². The van der Waals surface area contributed by atoms with Crippen LogP contribution in [0.4, 0.5) is 22.2 Å². The first kappa shape index (κ1) is 35.5. The number of aryl methyl sites for hydroxylation is 1. The monoisotopic (exact) mass is 673 g/mol. The number of nitrogens with zero attached hydrogens (tertiary/aromatic N) is 6. The molecule has 3 aromatic rings. The average Bonchev–Trinajstić information content (AvgIpc) is 3.50. The van der Waals surface area contributed by atoms with Crippen molar-refractivity contribution in [1.29, 1.82) is 5.26 Å². The molecular weight excluding hydrogens is 623 g/mol. The highest BCUT2D eigenvalue weighted by Gasteiger charge is 2.47. The first-order valence-corrected chi connectivity index (χ1v) is 19.8. The van der Waals surface area contributed by atoms with Gasteiger partial charge >= 0.3 is 6.09 Å². The predicted molar refractivity (Wildman–Crippen MR) is 190 cm³/mol. The summed E-state index contributed by atoms with van der Waals surface area (Å²) in [6.07, 6.45) is 4.70. The second kappa shape index (κ2) is 13.3. The number of rotatable bonds is 8. The molecule has 1 unspecified atom stereocenters. The highest BCUT2D eigenvalue weighted by molar-refractivity contribution is 6.74. The van der Waals surface area contributed by atoms with Crippen molar-refractivity contribution in [2.24, 2.45) is 0 Å². The predicted octanol–water partition coefficient (Wildman–Crippen LogP) is 7.87. The molecule has 0 bridgehead atoms. The van der Waals surface area contributed by atoms with Gasteiger partial charge in [-0.05, 0) is 88.9 Å². The SMILES string of the molecule is Cc1cc(Nc2nccc(-c3cc(C#N)c4c(c3)[C@@](C)(CO[Si](C)(C)C(C)(C)C)CN4C(=O)OC(C)(C)C)n2)nn1CC1CCCCO1. The van der Waals surface area contributed by atoms with E-state index in [0.717, 1.165) is 36.3 Å². The van der Waals surface area contributed by atoms with Gasteiger partial charge in [-0.3, -0.25) is 9.58 Å². The van der Waals surface area contributed by atoms with Crippen molar-refractivity contribution in [3.8, 4) is 17.3 Å². The molecule has 11 nitrogen and oxygen atoms in total. The number of aromatic nitrogens is 4. The average molecular weight is 674 g/mol. The molecule has 0 saturated carbocycles. The van der Waals surface area contributed by atoms with Gasteiger partial charge in [0.05, 0.1) is 29.6 Å². The van der Waals surface area contributed by atoms with E-state index in [9.17, 15) is 10.1 Å². The third-order valence-electron chi connectivity index (χ3n) is 9.65. The van der Waals surface area contributed by atoms with E-state index in [4.69, 9.17) is 24.0 Å². The topological polar surface area (TPSA) is 127 Å². The molecule has 2 aliphatic heterocycles. The lowest BCUT2D eigenvalue weighted by Gasteiger charge is -2.39. The fourth-order valence-electron chi connectivity index (χ4n) is 5.88. The summed E-state index contributed by atoms with van der Waals surface area (Å²) in [6.45, 7) is 22.9. The van der Waals surface area contributed by atoms with E-state index in [1.54, 1.807) is 17.2 Å². The molecule has 1 amide bonds. The maximum atomic E-state index is 13.6. The third kappa shape index (κ3) is 7.74. The van der Waals surface area contributed by atoms with Gasteiger partial charge in [0, 0.05) is 48.7 Å². The Labute approximate surface area is 286 Å². The van der Waals surface area contributed by atoms with Gasteiger partial charge in [-0.1, -0.05) is 27.7 Å². The smallest absolute Gasteiger partial charge is 0.414 e. The maximum absolute atomic E-state index is 13.6. The molecule has 0 aliphatic carbocycles. The maximum Gasteiger partial charge on any atom is 0.414 e. The van der Waals surface area contributed by atoms with Gasteiger partial charge in [0.1, 0.15) is 11.7 Å². The number of nitriles is 1. The minimum atomic E-state index is -2.13. The van der Waals surface area contributed by atoms with Crippen molar-refractivity contribution in [3.05, 3.63) is 47.3 Å². The van der Waals surface area contributed by atoms with Gasteiger partial charge in [0.2, 0.25) is 5.95 Å². The largest absolute Gasteiger partial charge is 0.443 e. The van der Waals surface area contributed by atoms with Gasteiger partial charge in [-0.15, -0.1) is 0 Å². The number of anilines is 3. The summed E-state index contributed by atoms with van der Waals surface area (Å²) in [7, 11) is -2.13. The highest BCUT2D eigenvalue weighted by Crippen LogP contribution is 2.47. The molecule has 12 heteroatoms. The second-order valence-electron chi connectivity index (χ2n) is 15.9. The van der Waals surface area contributed by atoms with Gasteiger partial charge in [-0.25, -0.2) is 14.8 Å². The molecule has 0 radical (unpaired) electrons. The lowest BCUT2D eigenvalue weighted by molar-refractivity contribution is 0.00370. The molecule has 0 spiro atoms. The number of ether oxygens (including phenoxy) is 2. The summed E-state index contributed by atoms with van der Waals surface area (Å²) in [5.41, 5.74) is 2.91. The molecule has 1 fully saturated rings. The molecule has 4 heterocycles. The fraction of sp³-hybridized carbons (Fsp3) is 0.583. The van der Waals surface area contributed by atoms with E-state index in [1.807, 2.05) is 50.6 Å². The Balaban J connectivity index is 1.48. The van der Waals surface area contributed by atoms with E-state index in [2.05, 4.69) is 57.2 Å². The van der Waals surface area contributed by atoms with E-state index in [1.165, 1.54) is 6.42 Å². The van der Waals surface area contributed by atoms with E-state index < -0.39 is 25.4 Å². The number of benzene rings is 1. The summed E-state index contributed by atoms with van der Waals surface area (Å²) in [5, 5.41) is 18.4. The number of fused-ring (bicyclic) bond motifs is 1. The zero-order valence-electron chi connectivity index (χ0n) is 30.2. The van der Waals surface area contributed by atoms with Gasteiger partial charge < -0.3 is 19.2 Å². The quantitative estimate of drug-likeness (QED) is 0.238. The van der Waals surface area contributed by atoms with Crippen LogP contribution in [-0.2, 0) is 25.9 Å². The Bertz CT molecular complexity index is 1700. The summed E-state index contributed by atoms with van der Waals surface area (Å²) < 4.78 is 20.4. The normalized spacial score (nSPS) is 19.9. The molecule has 5 rings (SSSR count). The number of amides is 1. The van der Waals surface area contributed by atoms with Crippen molar-refractivity contribution in [2.75, 3.05) is 30.0 Å². The minimum Gasteiger partial charge on any atom is -0.443 e. The standard InChI is InChI=1S/C36H51N7O4Si/c1-24-17-30(41-43(24)21-27-13-11-12-16-45-27)40-32-38-15-14-29(39-32)25-18-26(20-37)31-28(19-25)36(8,23-46-48(9,10)35(5,6)7)22-42(31)33(44)47-34(2,3)4/h14-15,17-19,27H,11-13,16,21-23H2,1-10H3,(H,38,39,40,41)/t27?,36-/m1/s1. The molecule has 258 valence electrons. The van der Waals surface area contributed by atoms with Gasteiger partial charge in [-0.2, -0.15) is 10.4 Å². The Morgan fingerprint density at radius 1 is 1.19 bits per heavy atom. The Kier molecular flexibility index (Phi) is 9.81. The lowest BCUT2D eigenvalue weighted by atomic mass is 9.83. The van der Waals surface area contributed by atoms with E-state index >= 15 is 0 Å². The second-order valence-corrected chi connectivity index (χ2v) is 20.7. The first-order valence-electron chi connectivity index (χ1n) is 16.9. The molecule has 2 atom stereocenters. The zero-order valence-corrected chi connectivity index (χ0v) is 31.2. The van der Waals surface area contributed by atoms with Crippen molar-refractivity contribution >= 4 is 31.9 Å².